The fraction of sp³-hybridized carbons (Fsp3) is 0.136. The number of ether oxygens (including phenoxy) is 2. The molecule has 0 aliphatic carbocycles. The zero-order valence-corrected chi connectivity index (χ0v) is 17.9. The molecule has 0 saturated carbocycles. The largest absolute Gasteiger partial charge is 0.493 e. The first kappa shape index (κ1) is 20.0. The van der Waals surface area contributed by atoms with Crippen LogP contribution in [0.15, 0.2) is 71.8 Å². The minimum absolute atomic E-state index is 0.0169. The van der Waals surface area contributed by atoms with Crippen LogP contribution < -0.4 is 14.9 Å². The van der Waals surface area contributed by atoms with Crippen LogP contribution in [0, 0.1) is 0 Å². The fourth-order valence-electron chi connectivity index (χ4n) is 2.89. The minimum Gasteiger partial charge on any atom is -0.493 e. The van der Waals surface area contributed by atoms with Crippen LogP contribution in [-0.4, -0.2) is 12.2 Å². The number of benzene rings is 3. The van der Waals surface area contributed by atoms with Crippen molar-refractivity contribution in [1.82, 2.24) is 5.43 Å². The van der Waals surface area contributed by atoms with Gasteiger partial charge >= 0.3 is 0 Å². The molecule has 0 radical (unpaired) electrons. The third-order valence-electron chi connectivity index (χ3n) is 4.40. The van der Waals surface area contributed by atoms with Crippen LogP contribution in [0.4, 0.5) is 0 Å². The second-order valence-corrected chi connectivity index (χ2v) is 8.27. The highest BCUT2D eigenvalue weighted by Crippen LogP contribution is 2.38. The van der Waals surface area contributed by atoms with Gasteiger partial charge in [0.15, 0.2) is 11.5 Å². The fourth-order valence-corrected chi connectivity index (χ4v) is 4.20. The Morgan fingerprint density at radius 2 is 1.79 bits per heavy atom. The lowest BCUT2D eigenvalue weighted by Gasteiger charge is -2.15. The smallest absolute Gasteiger partial charge is 0.161 e. The number of nitrogens with zero attached hydrogens (tertiary/aromatic N) is 1. The quantitative estimate of drug-likeness (QED) is 0.485. The summed E-state index contributed by atoms with van der Waals surface area (Å²) in [6.07, 6.45) is 0. The lowest BCUT2D eigenvalue weighted by molar-refractivity contribution is 0.284. The zero-order chi connectivity index (χ0) is 20.2. The maximum atomic E-state index is 6.07. The molecule has 7 heteroatoms. The van der Waals surface area contributed by atoms with Gasteiger partial charge in [-0.15, -0.1) is 0 Å². The molecule has 0 aromatic heterocycles. The number of nitrogens with one attached hydrogen (secondary N) is 1. The van der Waals surface area contributed by atoms with Crippen LogP contribution in [0.5, 0.6) is 11.5 Å². The average Bonchev–Trinajstić information content (AvgIpc) is 3.25. The third-order valence-corrected chi connectivity index (χ3v) is 6.30. The average molecular weight is 445 g/mol. The number of hydrogen-bond donors (Lipinski definition) is 1. The Morgan fingerprint density at radius 1 is 0.966 bits per heavy atom. The van der Waals surface area contributed by atoms with Crippen molar-refractivity contribution in [3.05, 3.63) is 93.5 Å². The molecule has 0 spiro atoms. The molecule has 29 heavy (non-hydrogen) atoms. The molecule has 0 amide bonds. The molecule has 0 fully saturated rings. The molecule has 4 nitrogen and oxygen atoms in total. The number of methoxy groups -OCH3 is 1. The van der Waals surface area contributed by atoms with E-state index in [9.17, 15) is 0 Å². The number of rotatable bonds is 6. The summed E-state index contributed by atoms with van der Waals surface area (Å²) in [5, 5.41) is 6.48. The highest BCUT2D eigenvalue weighted by atomic mass is 35.5. The van der Waals surface area contributed by atoms with Crippen LogP contribution in [0.2, 0.25) is 10.0 Å². The van der Waals surface area contributed by atoms with E-state index >= 15 is 0 Å². The third kappa shape index (κ3) is 4.64. The van der Waals surface area contributed by atoms with Crippen LogP contribution in [0.3, 0.4) is 0 Å². The SMILES string of the molecule is COc1cc([C@H]2NN=C(c3ccccc3)S2)ccc1OCc1ccc(Cl)c(Cl)c1. The summed E-state index contributed by atoms with van der Waals surface area (Å²) in [5.41, 5.74) is 6.28. The van der Waals surface area contributed by atoms with Crippen LogP contribution >= 0.6 is 35.0 Å². The lowest BCUT2D eigenvalue weighted by Crippen LogP contribution is -2.07. The van der Waals surface area contributed by atoms with Crippen LogP contribution in [-0.2, 0) is 6.61 Å². The van der Waals surface area contributed by atoms with Crippen molar-refractivity contribution in [3.63, 3.8) is 0 Å². The van der Waals surface area contributed by atoms with Crippen molar-refractivity contribution < 1.29 is 9.47 Å². The molecule has 148 valence electrons. The summed E-state index contributed by atoms with van der Waals surface area (Å²) < 4.78 is 11.5. The van der Waals surface area contributed by atoms with Crippen LogP contribution in [0.25, 0.3) is 0 Å². The maximum Gasteiger partial charge on any atom is 0.161 e. The van der Waals surface area contributed by atoms with Gasteiger partial charge in [-0.1, -0.05) is 77.4 Å². The molecule has 0 unspecified atom stereocenters. The predicted molar refractivity (Wildman–Crippen MR) is 120 cm³/mol. The molecule has 0 saturated heterocycles. The molecule has 1 aliphatic heterocycles. The van der Waals surface area contributed by atoms with Crippen molar-refractivity contribution in [2.75, 3.05) is 7.11 Å². The molecule has 1 atom stereocenters. The summed E-state index contributed by atoms with van der Waals surface area (Å²) in [6.45, 7) is 0.365. The second kappa shape index (κ2) is 8.99. The Labute approximate surface area is 183 Å². The summed E-state index contributed by atoms with van der Waals surface area (Å²) in [5.74, 6) is 1.33. The van der Waals surface area contributed by atoms with E-state index in [1.807, 2.05) is 42.5 Å². The number of thioether (sulfide) groups is 1. The molecule has 3 aromatic carbocycles. The standard InChI is InChI=1S/C22H18Cl2N2O2S/c1-27-20-12-16(22-26-25-21(29-22)15-5-3-2-4-6-15)8-10-19(20)28-13-14-7-9-17(23)18(24)11-14/h2-12,22,26H,13H2,1H3/t22-/m0/s1. The van der Waals surface area contributed by atoms with Gasteiger partial charge in [0.05, 0.1) is 17.2 Å². The maximum absolute atomic E-state index is 6.07. The Bertz CT molecular complexity index is 1040. The lowest BCUT2D eigenvalue weighted by atomic mass is 10.2. The van der Waals surface area contributed by atoms with Gasteiger partial charge in [0.2, 0.25) is 0 Å². The molecular formula is C22H18Cl2N2O2S. The van der Waals surface area contributed by atoms with Gasteiger partial charge in [-0.05, 0) is 35.4 Å². The molecule has 1 heterocycles. The topological polar surface area (TPSA) is 42.8 Å². The summed E-state index contributed by atoms with van der Waals surface area (Å²) in [4.78, 5) is 0. The van der Waals surface area contributed by atoms with Gasteiger partial charge in [-0.2, -0.15) is 5.10 Å². The second-order valence-electron chi connectivity index (χ2n) is 6.36. The van der Waals surface area contributed by atoms with E-state index < -0.39 is 0 Å². The van der Waals surface area contributed by atoms with E-state index in [4.69, 9.17) is 32.7 Å². The van der Waals surface area contributed by atoms with Gasteiger partial charge in [-0.25, -0.2) is 0 Å². The van der Waals surface area contributed by atoms with Gasteiger partial charge in [0.1, 0.15) is 17.0 Å². The molecule has 0 bridgehead atoms. The molecule has 3 aromatic rings. The van der Waals surface area contributed by atoms with Gasteiger partial charge in [-0.3, -0.25) is 5.43 Å². The van der Waals surface area contributed by atoms with E-state index in [2.05, 4.69) is 22.7 Å². The van der Waals surface area contributed by atoms with Crippen LogP contribution in [0.1, 0.15) is 22.1 Å². The normalized spacial score (nSPS) is 15.6. The van der Waals surface area contributed by atoms with E-state index in [1.165, 1.54) is 0 Å². The number of halogens is 2. The Balaban J connectivity index is 1.45. The Kier molecular flexibility index (Phi) is 6.19. The van der Waals surface area contributed by atoms with Crippen molar-refractivity contribution >= 4 is 40.0 Å². The number of hydrogen-bond acceptors (Lipinski definition) is 5. The Hall–Kier alpha value is -2.34. The molecule has 1 aliphatic rings. The van der Waals surface area contributed by atoms with Crippen molar-refractivity contribution in [2.24, 2.45) is 5.10 Å². The van der Waals surface area contributed by atoms with Gasteiger partial charge < -0.3 is 9.47 Å². The summed E-state index contributed by atoms with van der Waals surface area (Å²) in [7, 11) is 1.63. The summed E-state index contributed by atoms with van der Waals surface area (Å²) >= 11 is 13.7. The van der Waals surface area contributed by atoms with E-state index in [0.717, 1.165) is 21.7 Å². The van der Waals surface area contributed by atoms with Gasteiger partial charge in [0.25, 0.3) is 0 Å². The Morgan fingerprint density at radius 3 is 2.55 bits per heavy atom. The highest BCUT2D eigenvalue weighted by molar-refractivity contribution is 8.14. The first-order chi connectivity index (χ1) is 14.1. The van der Waals surface area contributed by atoms with E-state index in [1.54, 1.807) is 31.0 Å². The number of hydrazone groups is 1. The van der Waals surface area contributed by atoms with E-state index in [0.29, 0.717) is 28.2 Å². The van der Waals surface area contributed by atoms with Crippen molar-refractivity contribution in [1.29, 1.82) is 0 Å². The van der Waals surface area contributed by atoms with Crippen molar-refractivity contribution in [2.45, 2.75) is 12.0 Å². The predicted octanol–water partition coefficient (Wildman–Crippen LogP) is 6.28. The van der Waals surface area contributed by atoms with Gasteiger partial charge in [0, 0.05) is 5.56 Å². The first-order valence-corrected chi connectivity index (χ1v) is 10.6. The first-order valence-electron chi connectivity index (χ1n) is 8.94. The zero-order valence-electron chi connectivity index (χ0n) is 15.6. The molecule has 1 N–H and O–H groups in total. The van der Waals surface area contributed by atoms with Crippen molar-refractivity contribution in [3.8, 4) is 11.5 Å². The molecule has 4 rings (SSSR count). The molecular weight excluding hydrogens is 427 g/mol. The minimum atomic E-state index is 0.0169. The monoisotopic (exact) mass is 444 g/mol. The highest BCUT2D eigenvalue weighted by Gasteiger charge is 2.23. The summed E-state index contributed by atoms with van der Waals surface area (Å²) in [6, 6.07) is 21.5. The van der Waals surface area contributed by atoms with E-state index in [-0.39, 0.29) is 5.37 Å².